The zero-order chi connectivity index (χ0) is 17.4. The molecule has 0 amide bonds. The van der Waals surface area contributed by atoms with Crippen molar-refractivity contribution in [1.82, 2.24) is 13.9 Å². The van der Waals surface area contributed by atoms with Gasteiger partial charge < -0.3 is 9.72 Å². The van der Waals surface area contributed by atoms with Crippen LogP contribution in [0.2, 0.25) is 0 Å². The van der Waals surface area contributed by atoms with Crippen LogP contribution in [0.4, 0.5) is 0 Å². The van der Waals surface area contributed by atoms with Gasteiger partial charge in [0.15, 0.2) is 0 Å². The Morgan fingerprint density at radius 1 is 1.16 bits per heavy atom. The minimum Gasteiger partial charge on any atom is -0.377 e. The number of rotatable bonds is 4. The summed E-state index contributed by atoms with van der Waals surface area (Å²) in [5.74, 6) is 0.0741. The third-order valence-corrected chi connectivity index (χ3v) is 7.17. The fourth-order valence-electron chi connectivity index (χ4n) is 3.93. The van der Waals surface area contributed by atoms with E-state index < -0.39 is 10.0 Å². The van der Waals surface area contributed by atoms with Gasteiger partial charge in [-0.15, -0.1) is 0 Å². The second-order valence-corrected chi connectivity index (χ2v) is 8.87. The molecule has 0 spiro atoms. The summed E-state index contributed by atoms with van der Waals surface area (Å²) in [5, 5.41) is 0. The van der Waals surface area contributed by atoms with Gasteiger partial charge in [-0.25, -0.2) is 17.5 Å². The van der Waals surface area contributed by atoms with Crippen molar-refractivity contribution in [3.63, 3.8) is 0 Å². The predicted octanol–water partition coefficient (Wildman–Crippen LogP) is 1.48. The Labute approximate surface area is 146 Å². The smallest absolute Gasteiger partial charge is 0.326 e. The molecule has 1 N–H and O–H groups in total. The van der Waals surface area contributed by atoms with Gasteiger partial charge in [0.25, 0.3) is 0 Å². The Morgan fingerprint density at radius 2 is 1.92 bits per heavy atom. The summed E-state index contributed by atoms with van der Waals surface area (Å²) in [7, 11) is -3.30. The lowest BCUT2D eigenvalue weighted by Crippen LogP contribution is -2.43. The topological polar surface area (TPSA) is 84.4 Å². The molecule has 7 nitrogen and oxygen atoms in total. The Balaban J connectivity index is 1.47. The molecule has 8 heteroatoms. The van der Waals surface area contributed by atoms with Crippen molar-refractivity contribution in [1.29, 1.82) is 0 Å². The van der Waals surface area contributed by atoms with Gasteiger partial charge in [-0.05, 0) is 37.8 Å². The van der Waals surface area contributed by atoms with E-state index in [1.165, 1.54) is 0 Å². The summed E-state index contributed by atoms with van der Waals surface area (Å²) in [6.45, 7) is 1.56. The van der Waals surface area contributed by atoms with Crippen LogP contribution in [0.3, 0.4) is 0 Å². The molecule has 136 valence electrons. The van der Waals surface area contributed by atoms with Crippen LogP contribution in [-0.2, 0) is 14.8 Å². The molecule has 0 radical (unpaired) electrons. The number of H-pyrrole nitrogens is 1. The van der Waals surface area contributed by atoms with Gasteiger partial charge in [0.1, 0.15) is 0 Å². The quantitative estimate of drug-likeness (QED) is 0.889. The van der Waals surface area contributed by atoms with E-state index in [1.807, 2.05) is 24.3 Å². The number of imidazole rings is 1. The number of fused-ring (bicyclic) bond motifs is 1. The van der Waals surface area contributed by atoms with Crippen LogP contribution in [0, 0.1) is 0 Å². The lowest BCUT2D eigenvalue weighted by Gasteiger charge is -2.32. The molecule has 25 heavy (non-hydrogen) atoms. The van der Waals surface area contributed by atoms with Crippen LogP contribution in [-0.4, -0.2) is 53.8 Å². The van der Waals surface area contributed by atoms with E-state index in [4.69, 9.17) is 4.74 Å². The molecule has 3 heterocycles. The van der Waals surface area contributed by atoms with Crippen LogP contribution < -0.4 is 5.69 Å². The number of aromatic amines is 1. The van der Waals surface area contributed by atoms with Crippen molar-refractivity contribution < 1.29 is 13.2 Å². The summed E-state index contributed by atoms with van der Waals surface area (Å²) >= 11 is 0. The molecule has 2 saturated heterocycles. The van der Waals surface area contributed by atoms with Gasteiger partial charge in [0.05, 0.1) is 22.9 Å². The maximum atomic E-state index is 12.6. The molecule has 2 aromatic rings. The van der Waals surface area contributed by atoms with Gasteiger partial charge in [-0.1, -0.05) is 12.1 Å². The molecule has 1 atom stereocenters. The molecule has 2 aliphatic rings. The first-order chi connectivity index (χ1) is 12.0. The maximum Gasteiger partial charge on any atom is 0.326 e. The first-order valence-corrected chi connectivity index (χ1v) is 10.4. The highest BCUT2D eigenvalue weighted by Crippen LogP contribution is 2.27. The number of ether oxygens (including phenoxy) is 1. The van der Waals surface area contributed by atoms with Gasteiger partial charge in [0, 0.05) is 25.7 Å². The van der Waals surface area contributed by atoms with E-state index >= 15 is 0 Å². The molecule has 0 aliphatic carbocycles. The monoisotopic (exact) mass is 365 g/mol. The zero-order valence-electron chi connectivity index (χ0n) is 14.1. The van der Waals surface area contributed by atoms with E-state index in [1.54, 1.807) is 8.87 Å². The molecule has 2 aliphatic heterocycles. The van der Waals surface area contributed by atoms with Crippen molar-refractivity contribution in [2.75, 3.05) is 25.4 Å². The third-order valence-electron chi connectivity index (χ3n) is 5.23. The average molecular weight is 365 g/mol. The van der Waals surface area contributed by atoms with Crippen LogP contribution >= 0.6 is 0 Å². The van der Waals surface area contributed by atoms with E-state index in [0.29, 0.717) is 32.5 Å². The second kappa shape index (κ2) is 6.59. The van der Waals surface area contributed by atoms with E-state index in [2.05, 4.69) is 4.98 Å². The number of hydrogen-bond acceptors (Lipinski definition) is 4. The van der Waals surface area contributed by atoms with Crippen LogP contribution in [0.1, 0.15) is 31.7 Å². The average Bonchev–Trinajstić information content (AvgIpc) is 3.21. The summed E-state index contributed by atoms with van der Waals surface area (Å²) in [4.78, 5) is 15.2. The number of nitrogens with zero attached hydrogens (tertiary/aromatic N) is 2. The molecule has 2 fully saturated rings. The maximum absolute atomic E-state index is 12.6. The number of sulfonamides is 1. The molecule has 1 aromatic heterocycles. The van der Waals surface area contributed by atoms with Crippen molar-refractivity contribution in [2.24, 2.45) is 0 Å². The summed E-state index contributed by atoms with van der Waals surface area (Å²) in [5.41, 5.74) is 1.58. The number of piperidine rings is 1. The Hall–Kier alpha value is -1.64. The van der Waals surface area contributed by atoms with Crippen molar-refractivity contribution in [3.8, 4) is 0 Å². The second-order valence-electron chi connectivity index (χ2n) is 6.86. The fourth-order valence-corrected chi connectivity index (χ4v) is 5.64. The highest BCUT2D eigenvalue weighted by Gasteiger charge is 2.32. The SMILES string of the molecule is O=c1[nH]c2ccccc2n1C1CCN(S(=O)(=O)CC2CCCO2)CC1. The lowest BCUT2D eigenvalue weighted by atomic mass is 10.1. The minimum atomic E-state index is -3.30. The zero-order valence-corrected chi connectivity index (χ0v) is 14.9. The normalized spacial score (nSPS) is 23.4. The number of para-hydroxylation sites is 2. The van der Waals surface area contributed by atoms with Crippen molar-refractivity contribution >= 4 is 21.1 Å². The molecule has 4 rings (SSSR count). The number of benzene rings is 1. The van der Waals surface area contributed by atoms with Gasteiger partial charge in [-0.2, -0.15) is 0 Å². The Kier molecular flexibility index (Phi) is 4.43. The number of nitrogens with one attached hydrogen (secondary N) is 1. The van der Waals surface area contributed by atoms with Gasteiger partial charge in [-0.3, -0.25) is 4.57 Å². The molecular formula is C17H23N3O4S. The molecule has 1 unspecified atom stereocenters. The summed E-state index contributed by atoms with van der Waals surface area (Å²) in [6, 6.07) is 7.64. The van der Waals surface area contributed by atoms with Gasteiger partial charge in [0.2, 0.25) is 10.0 Å². The molecule has 1 aromatic carbocycles. The first-order valence-electron chi connectivity index (χ1n) is 8.83. The highest BCUT2D eigenvalue weighted by molar-refractivity contribution is 7.89. The largest absolute Gasteiger partial charge is 0.377 e. The standard InChI is InChI=1S/C17H23N3O4S/c21-17-18-15-5-1-2-6-16(15)20(17)13-7-9-19(10-8-13)25(22,23)12-14-4-3-11-24-14/h1-2,5-6,13-14H,3-4,7-12H2,(H,18,21). The van der Waals surface area contributed by atoms with Gasteiger partial charge >= 0.3 is 5.69 Å². The predicted molar refractivity (Wildman–Crippen MR) is 95.2 cm³/mol. The minimum absolute atomic E-state index is 0.0258. The van der Waals surface area contributed by atoms with E-state index in [9.17, 15) is 13.2 Å². The van der Waals surface area contributed by atoms with Crippen LogP contribution in [0.15, 0.2) is 29.1 Å². The number of hydrogen-bond donors (Lipinski definition) is 1. The highest BCUT2D eigenvalue weighted by atomic mass is 32.2. The Bertz CT molecular complexity index is 903. The Morgan fingerprint density at radius 3 is 2.64 bits per heavy atom. The summed E-state index contributed by atoms with van der Waals surface area (Å²) in [6.07, 6.45) is 2.88. The molecule has 0 bridgehead atoms. The lowest BCUT2D eigenvalue weighted by molar-refractivity contribution is 0.126. The number of aromatic nitrogens is 2. The third kappa shape index (κ3) is 3.26. The van der Waals surface area contributed by atoms with Crippen molar-refractivity contribution in [2.45, 2.75) is 37.8 Å². The molecular weight excluding hydrogens is 342 g/mol. The molecule has 0 saturated carbocycles. The van der Waals surface area contributed by atoms with Crippen molar-refractivity contribution in [3.05, 3.63) is 34.7 Å². The van der Waals surface area contributed by atoms with E-state index in [0.717, 1.165) is 23.9 Å². The first kappa shape index (κ1) is 16.8. The fraction of sp³-hybridized carbons (Fsp3) is 0.588. The summed E-state index contributed by atoms with van der Waals surface area (Å²) < 4.78 is 34.0. The van der Waals surface area contributed by atoms with E-state index in [-0.39, 0.29) is 23.6 Å². The van der Waals surface area contributed by atoms with Crippen LogP contribution in [0.25, 0.3) is 11.0 Å². The van der Waals surface area contributed by atoms with Crippen LogP contribution in [0.5, 0.6) is 0 Å².